The van der Waals surface area contributed by atoms with Crippen molar-refractivity contribution in [3.8, 4) is 0 Å². The molecule has 0 amide bonds. The molecular weight excluding hydrogens is 454 g/mol. The molecule has 5 fully saturated rings. The van der Waals surface area contributed by atoms with Gasteiger partial charge < -0.3 is 76.0 Å². The number of ether oxygens (including phenoxy) is 4. The van der Waals surface area contributed by atoms with Gasteiger partial charge in [0.15, 0.2) is 24.6 Å². The average molecular weight is 481 g/mol. The highest BCUT2D eigenvalue weighted by molar-refractivity contribution is 5.80. The van der Waals surface area contributed by atoms with Crippen LogP contribution in [-0.2, 0) is 18.9 Å². The van der Waals surface area contributed by atoms with E-state index in [2.05, 4.69) is 10.3 Å². The Hall–Kier alpha value is -1.25. The quantitative estimate of drug-likeness (QED) is 0.178. The van der Waals surface area contributed by atoms with Crippen LogP contribution in [-0.4, -0.2) is 144 Å². The first-order valence-corrected chi connectivity index (χ1v) is 10.3. The fourth-order valence-electron chi connectivity index (χ4n) is 5.64. The summed E-state index contributed by atoms with van der Waals surface area (Å²) < 4.78 is 21.4. The molecule has 6 aliphatic rings. The first-order chi connectivity index (χ1) is 15.4. The molecular formula is C17H27N3O13. The summed E-state index contributed by atoms with van der Waals surface area (Å²) in [5, 5.41) is 96.5. The molecule has 4 saturated heterocycles. The molecule has 1 aliphatic carbocycles. The lowest BCUT2D eigenvalue weighted by atomic mass is 9.55. The third-order valence-corrected chi connectivity index (χ3v) is 7.29. The lowest BCUT2D eigenvalue weighted by molar-refractivity contribution is -0.549. The summed E-state index contributed by atoms with van der Waals surface area (Å²) in [7, 11) is 0. The Balaban J connectivity index is 1.45. The van der Waals surface area contributed by atoms with Crippen molar-refractivity contribution in [1.29, 1.82) is 0 Å². The monoisotopic (exact) mass is 481 g/mol. The van der Waals surface area contributed by atoms with E-state index in [0.29, 0.717) is 0 Å². The van der Waals surface area contributed by atoms with E-state index in [1.807, 2.05) is 0 Å². The van der Waals surface area contributed by atoms with Crippen molar-refractivity contribution in [1.82, 2.24) is 5.32 Å². The maximum atomic E-state index is 11.5. The number of aliphatic imine (C=N–C) groups is 1. The predicted octanol–water partition coefficient (Wildman–Crippen LogP) is -7.70. The van der Waals surface area contributed by atoms with Crippen molar-refractivity contribution in [3.05, 3.63) is 0 Å². The Labute approximate surface area is 185 Å². The number of nitrogens with zero attached hydrogens (tertiary/aromatic N) is 1. The molecule has 4 bridgehead atoms. The van der Waals surface area contributed by atoms with Gasteiger partial charge in [0.25, 0.3) is 0 Å². The summed E-state index contributed by atoms with van der Waals surface area (Å²) in [6, 6.07) is 0. The normalized spacial score (nSPS) is 59.7. The smallest absolute Gasteiger partial charge is 0.311 e. The number of aliphatic hydroxyl groups excluding tert-OH is 7. The molecule has 1 spiro atoms. The highest BCUT2D eigenvalue weighted by atomic mass is 16.9. The summed E-state index contributed by atoms with van der Waals surface area (Å²) in [6.07, 6.45) is -16.7. The minimum atomic E-state index is -2.68. The molecule has 16 nitrogen and oxygen atoms in total. The van der Waals surface area contributed by atoms with Crippen LogP contribution in [0.5, 0.6) is 0 Å². The van der Waals surface area contributed by atoms with Crippen LogP contribution in [0.1, 0.15) is 0 Å². The summed E-state index contributed by atoms with van der Waals surface area (Å²) in [5.41, 5.74) is 1.47. The topological polar surface area (TPSA) is 269 Å². The van der Waals surface area contributed by atoms with Gasteiger partial charge in [-0.3, -0.25) is 0 Å². The number of nitrogens with two attached hydrogens (primary N) is 1. The molecule has 1 saturated carbocycles. The second-order valence-corrected chi connectivity index (χ2v) is 9.07. The van der Waals surface area contributed by atoms with Crippen LogP contribution in [0.25, 0.3) is 0 Å². The van der Waals surface area contributed by atoms with Gasteiger partial charge in [-0.15, -0.1) is 0 Å². The number of aliphatic hydroxyl groups is 9. The first kappa shape index (κ1) is 23.5. The van der Waals surface area contributed by atoms with E-state index in [1.165, 1.54) is 0 Å². The molecule has 5 heterocycles. The van der Waals surface area contributed by atoms with E-state index >= 15 is 0 Å². The number of hydrogen-bond acceptors (Lipinski definition) is 16. The maximum absolute atomic E-state index is 11.5. The molecule has 5 aliphatic heterocycles. The Bertz CT molecular complexity index is 834. The molecule has 0 radical (unpaired) electrons. The second-order valence-electron chi connectivity index (χ2n) is 9.07. The zero-order valence-corrected chi connectivity index (χ0v) is 16.9. The minimum Gasteiger partial charge on any atom is -0.394 e. The predicted molar refractivity (Wildman–Crippen MR) is 98.4 cm³/mol. The average Bonchev–Trinajstić information content (AvgIpc) is 2.75. The standard InChI is InChI=1S/C17H27N3O13/c18-14-19-11(26)4-9-15(28,2-30-12-7(24)6(23)5(22)3(1-21)31-12)10-8(25)16(4,20-14)13(27)17(29,32-9)33-10/h3-13,21-29H,1-2H2,(H3,18,19,20)/t3?,4-,5?,6?,7?,8-,9-,10+,11-,12?,13+,15+,16-,17+/m1/s1. The largest absolute Gasteiger partial charge is 0.394 e. The highest BCUT2D eigenvalue weighted by Gasteiger charge is 2.83. The molecule has 0 aromatic heterocycles. The van der Waals surface area contributed by atoms with E-state index in [-0.39, 0.29) is 5.96 Å². The second kappa shape index (κ2) is 7.37. The SMILES string of the molecule is NC1=N[C@H](O)[C@H]2[C@H]3O[C@]4(O)O[C@@H]([C@@H](O)[C@@]2(N1)[C@@H]4O)[C@]3(O)COC1OC(CO)C(O)C(O)C1O. The number of rotatable bonds is 4. The molecule has 0 aromatic rings. The summed E-state index contributed by atoms with van der Waals surface area (Å²) in [4.78, 5) is 3.75. The molecule has 0 aromatic carbocycles. The molecule has 16 heteroatoms. The summed E-state index contributed by atoms with van der Waals surface area (Å²) >= 11 is 0. The summed E-state index contributed by atoms with van der Waals surface area (Å²) in [6.45, 7) is -1.51. The van der Waals surface area contributed by atoms with Gasteiger partial charge in [0.2, 0.25) is 0 Å². The van der Waals surface area contributed by atoms with E-state index < -0.39 is 97.6 Å². The van der Waals surface area contributed by atoms with E-state index in [1.54, 1.807) is 0 Å². The van der Waals surface area contributed by atoms with Crippen molar-refractivity contribution in [2.24, 2.45) is 16.6 Å². The van der Waals surface area contributed by atoms with Gasteiger partial charge in [0.1, 0.15) is 53.9 Å². The molecule has 188 valence electrons. The van der Waals surface area contributed by atoms with Crippen LogP contribution in [0.2, 0.25) is 0 Å². The Morgan fingerprint density at radius 2 is 1.67 bits per heavy atom. The fraction of sp³-hybridized carbons (Fsp3) is 0.941. The zero-order chi connectivity index (χ0) is 24.1. The van der Waals surface area contributed by atoms with Crippen LogP contribution in [0.3, 0.4) is 0 Å². The number of hydrogen-bond donors (Lipinski definition) is 11. The van der Waals surface area contributed by atoms with Crippen molar-refractivity contribution < 1.29 is 64.9 Å². The van der Waals surface area contributed by atoms with Gasteiger partial charge in [-0.25, -0.2) is 4.99 Å². The van der Waals surface area contributed by atoms with Crippen LogP contribution in [0, 0.1) is 5.92 Å². The molecule has 14 atom stereocenters. The van der Waals surface area contributed by atoms with Gasteiger partial charge in [0.05, 0.1) is 19.1 Å². The number of nitrogens with one attached hydrogen (secondary N) is 1. The third kappa shape index (κ3) is 2.89. The van der Waals surface area contributed by atoms with Crippen LogP contribution in [0.15, 0.2) is 4.99 Å². The van der Waals surface area contributed by atoms with Crippen molar-refractivity contribution >= 4 is 5.96 Å². The van der Waals surface area contributed by atoms with Crippen molar-refractivity contribution in [2.45, 2.75) is 78.5 Å². The lowest BCUT2D eigenvalue weighted by Gasteiger charge is -2.71. The van der Waals surface area contributed by atoms with E-state index in [9.17, 15) is 46.0 Å². The maximum Gasteiger partial charge on any atom is 0.311 e. The Morgan fingerprint density at radius 3 is 2.33 bits per heavy atom. The van der Waals surface area contributed by atoms with Crippen LogP contribution in [0.4, 0.5) is 0 Å². The van der Waals surface area contributed by atoms with E-state index in [4.69, 9.17) is 24.7 Å². The van der Waals surface area contributed by atoms with Gasteiger partial charge >= 0.3 is 5.97 Å². The number of guanidine groups is 1. The van der Waals surface area contributed by atoms with Gasteiger partial charge in [0, 0.05) is 0 Å². The van der Waals surface area contributed by atoms with Crippen molar-refractivity contribution in [3.63, 3.8) is 0 Å². The van der Waals surface area contributed by atoms with Gasteiger partial charge in [-0.05, 0) is 0 Å². The fourth-order valence-corrected chi connectivity index (χ4v) is 5.64. The highest BCUT2D eigenvalue weighted by Crippen LogP contribution is 2.58. The summed E-state index contributed by atoms with van der Waals surface area (Å²) in [5.74, 6) is -4.35. The Morgan fingerprint density at radius 1 is 1.00 bits per heavy atom. The van der Waals surface area contributed by atoms with Crippen LogP contribution < -0.4 is 11.1 Å². The van der Waals surface area contributed by atoms with Gasteiger partial charge in [-0.2, -0.15) is 0 Å². The van der Waals surface area contributed by atoms with Gasteiger partial charge in [-0.1, -0.05) is 0 Å². The van der Waals surface area contributed by atoms with Crippen molar-refractivity contribution in [2.75, 3.05) is 13.2 Å². The van der Waals surface area contributed by atoms with Crippen LogP contribution >= 0.6 is 0 Å². The zero-order valence-electron chi connectivity index (χ0n) is 16.9. The lowest BCUT2D eigenvalue weighted by Crippen LogP contribution is -2.95. The molecule has 12 N–H and O–H groups in total. The van der Waals surface area contributed by atoms with E-state index in [0.717, 1.165) is 0 Å². The third-order valence-electron chi connectivity index (χ3n) is 7.29. The minimum absolute atomic E-state index is 0.330. The molecule has 6 rings (SSSR count). The molecule has 33 heavy (non-hydrogen) atoms. The first-order valence-electron chi connectivity index (χ1n) is 10.3. The Kier molecular flexibility index (Phi) is 5.25. The molecule has 5 unspecified atom stereocenters.